The molecule has 78 valence electrons. The van der Waals surface area contributed by atoms with Crippen LogP contribution in [-0.2, 0) is 0 Å². The summed E-state index contributed by atoms with van der Waals surface area (Å²) in [5.74, 6) is 0.959. The first-order valence-electron chi connectivity index (χ1n) is 5.14. The van der Waals surface area contributed by atoms with E-state index in [-0.39, 0.29) is 6.04 Å². The Morgan fingerprint density at radius 1 is 1.40 bits per heavy atom. The number of fused-ring (bicyclic) bond motifs is 1. The van der Waals surface area contributed by atoms with E-state index in [4.69, 9.17) is 0 Å². The van der Waals surface area contributed by atoms with Crippen molar-refractivity contribution in [1.82, 2.24) is 25.8 Å². The van der Waals surface area contributed by atoms with Gasteiger partial charge >= 0.3 is 0 Å². The fourth-order valence-corrected chi connectivity index (χ4v) is 1.92. The normalized spacial score (nSPS) is 26.2. The van der Waals surface area contributed by atoms with E-state index in [1.54, 1.807) is 6.20 Å². The van der Waals surface area contributed by atoms with Gasteiger partial charge in [-0.15, -0.1) is 0 Å². The van der Waals surface area contributed by atoms with Gasteiger partial charge in [-0.3, -0.25) is 5.43 Å². The lowest BCUT2D eigenvalue weighted by atomic mass is 10.1. The van der Waals surface area contributed by atoms with Crippen molar-refractivity contribution in [3.05, 3.63) is 24.2 Å². The highest BCUT2D eigenvalue weighted by atomic mass is 15.4. The maximum atomic E-state index is 4.46. The lowest BCUT2D eigenvalue weighted by Crippen LogP contribution is -2.29. The van der Waals surface area contributed by atoms with Gasteiger partial charge in [0.1, 0.15) is 5.82 Å². The summed E-state index contributed by atoms with van der Waals surface area (Å²) in [4.78, 5) is 11.9. The number of hydrogen-bond donors (Lipinski definition) is 3. The third-order valence-corrected chi connectivity index (χ3v) is 2.70. The van der Waals surface area contributed by atoms with Gasteiger partial charge in [0, 0.05) is 12.2 Å². The summed E-state index contributed by atoms with van der Waals surface area (Å²) in [5, 5.41) is 0. The summed E-state index contributed by atoms with van der Waals surface area (Å²) < 4.78 is 0. The van der Waals surface area contributed by atoms with Crippen LogP contribution in [0.2, 0.25) is 0 Å². The second-order valence-electron chi connectivity index (χ2n) is 3.97. The van der Waals surface area contributed by atoms with Crippen LogP contribution in [0.15, 0.2) is 18.3 Å². The number of rotatable bonds is 1. The Bertz CT molecular complexity index is 444. The molecule has 2 atom stereocenters. The Morgan fingerprint density at radius 3 is 3.07 bits per heavy atom. The van der Waals surface area contributed by atoms with E-state index in [9.17, 15) is 0 Å². The van der Waals surface area contributed by atoms with Gasteiger partial charge in [-0.1, -0.05) is 0 Å². The van der Waals surface area contributed by atoms with Gasteiger partial charge in [0.25, 0.3) is 0 Å². The Morgan fingerprint density at radius 2 is 2.33 bits per heavy atom. The van der Waals surface area contributed by atoms with Crippen molar-refractivity contribution in [3.63, 3.8) is 0 Å². The predicted molar refractivity (Wildman–Crippen MR) is 57.0 cm³/mol. The molecular weight excluding hydrogens is 190 g/mol. The fourth-order valence-electron chi connectivity index (χ4n) is 1.92. The molecule has 1 saturated heterocycles. The summed E-state index contributed by atoms with van der Waals surface area (Å²) in [7, 11) is 0. The van der Waals surface area contributed by atoms with Crippen LogP contribution in [0.3, 0.4) is 0 Å². The molecule has 2 unspecified atom stereocenters. The van der Waals surface area contributed by atoms with Crippen molar-refractivity contribution in [2.45, 2.75) is 25.4 Å². The molecule has 0 spiro atoms. The maximum Gasteiger partial charge on any atom is 0.177 e. The Kier molecular flexibility index (Phi) is 1.93. The van der Waals surface area contributed by atoms with Crippen molar-refractivity contribution in [1.29, 1.82) is 0 Å². The topological polar surface area (TPSA) is 65.6 Å². The Labute approximate surface area is 87.3 Å². The van der Waals surface area contributed by atoms with Crippen LogP contribution >= 0.6 is 0 Å². The zero-order chi connectivity index (χ0) is 10.3. The minimum atomic E-state index is 0.259. The maximum absolute atomic E-state index is 4.46. The molecule has 5 heteroatoms. The molecule has 1 fully saturated rings. The molecule has 0 saturated carbocycles. The predicted octanol–water partition coefficient (Wildman–Crippen LogP) is 0.885. The lowest BCUT2D eigenvalue weighted by molar-refractivity contribution is 0.547. The number of imidazole rings is 1. The van der Waals surface area contributed by atoms with E-state index < -0.39 is 0 Å². The number of H-pyrrole nitrogens is 1. The third kappa shape index (κ3) is 1.49. The van der Waals surface area contributed by atoms with Crippen LogP contribution in [0.4, 0.5) is 0 Å². The number of hydrazine groups is 1. The number of nitrogens with one attached hydrogen (secondary N) is 3. The average Bonchev–Trinajstić information content (AvgIpc) is 2.82. The number of pyridine rings is 1. The molecular formula is C10H13N5. The molecule has 0 radical (unpaired) electrons. The monoisotopic (exact) mass is 203 g/mol. The summed E-state index contributed by atoms with van der Waals surface area (Å²) >= 11 is 0. The smallest absolute Gasteiger partial charge is 0.177 e. The van der Waals surface area contributed by atoms with Gasteiger partial charge in [-0.05, 0) is 25.5 Å². The van der Waals surface area contributed by atoms with Gasteiger partial charge < -0.3 is 4.98 Å². The Balaban J connectivity index is 1.98. The van der Waals surface area contributed by atoms with Crippen molar-refractivity contribution in [2.75, 3.05) is 0 Å². The molecule has 0 bridgehead atoms. The number of aromatic amines is 1. The molecule has 15 heavy (non-hydrogen) atoms. The van der Waals surface area contributed by atoms with Gasteiger partial charge in [0.05, 0.1) is 11.6 Å². The van der Waals surface area contributed by atoms with Gasteiger partial charge in [0.15, 0.2) is 5.65 Å². The largest absolute Gasteiger partial charge is 0.339 e. The van der Waals surface area contributed by atoms with E-state index in [0.717, 1.165) is 23.4 Å². The highest BCUT2D eigenvalue weighted by Crippen LogP contribution is 2.21. The third-order valence-electron chi connectivity index (χ3n) is 2.70. The highest BCUT2D eigenvalue weighted by molar-refractivity contribution is 5.70. The molecule has 0 amide bonds. The van der Waals surface area contributed by atoms with Crippen LogP contribution in [0.1, 0.15) is 25.2 Å². The van der Waals surface area contributed by atoms with Crippen LogP contribution in [0, 0.1) is 0 Å². The number of nitrogens with zero attached hydrogens (tertiary/aromatic N) is 2. The molecule has 3 rings (SSSR count). The minimum absolute atomic E-state index is 0.259. The van der Waals surface area contributed by atoms with E-state index >= 15 is 0 Å². The summed E-state index contributed by atoms with van der Waals surface area (Å²) in [6.07, 6.45) is 2.80. The first-order chi connectivity index (χ1) is 7.33. The van der Waals surface area contributed by atoms with Crippen molar-refractivity contribution in [3.8, 4) is 0 Å². The van der Waals surface area contributed by atoms with E-state index in [1.165, 1.54) is 0 Å². The minimum Gasteiger partial charge on any atom is -0.339 e. The Hall–Kier alpha value is -1.46. The first kappa shape index (κ1) is 8.82. The molecule has 0 aliphatic carbocycles. The quantitative estimate of drug-likeness (QED) is 0.644. The second-order valence-corrected chi connectivity index (χ2v) is 3.97. The van der Waals surface area contributed by atoms with Crippen LogP contribution in [0.25, 0.3) is 11.2 Å². The van der Waals surface area contributed by atoms with Crippen LogP contribution in [-0.4, -0.2) is 21.0 Å². The molecule has 3 heterocycles. The summed E-state index contributed by atoms with van der Waals surface area (Å²) in [5.41, 5.74) is 8.17. The zero-order valence-electron chi connectivity index (χ0n) is 8.49. The first-order valence-corrected chi connectivity index (χ1v) is 5.14. The van der Waals surface area contributed by atoms with Gasteiger partial charge in [-0.25, -0.2) is 15.4 Å². The molecule has 2 aromatic rings. The summed E-state index contributed by atoms with van der Waals surface area (Å²) in [6, 6.07) is 4.64. The number of aromatic nitrogens is 3. The fraction of sp³-hybridized carbons (Fsp3) is 0.400. The number of hydrogen-bond acceptors (Lipinski definition) is 4. The van der Waals surface area contributed by atoms with Crippen LogP contribution in [0.5, 0.6) is 0 Å². The van der Waals surface area contributed by atoms with Crippen molar-refractivity contribution >= 4 is 11.2 Å². The molecule has 2 aromatic heterocycles. The standard InChI is InChI=1S/C10H13N5/c1-6-5-8(15-14-6)10-12-7-3-2-4-11-9(7)13-10/h2-4,6,8,14-15H,5H2,1H3,(H,11,12,13). The lowest BCUT2D eigenvalue weighted by Gasteiger charge is -2.03. The van der Waals surface area contributed by atoms with E-state index in [0.29, 0.717) is 6.04 Å². The van der Waals surface area contributed by atoms with Gasteiger partial charge in [0.2, 0.25) is 0 Å². The van der Waals surface area contributed by atoms with E-state index in [1.807, 2.05) is 12.1 Å². The molecule has 0 aromatic carbocycles. The molecule has 1 aliphatic heterocycles. The van der Waals surface area contributed by atoms with Crippen LogP contribution < -0.4 is 10.9 Å². The van der Waals surface area contributed by atoms with Crippen molar-refractivity contribution < 1.29 is 0 Å². The molecule has 5 nitrogen and oxygen atoms in total. The molecule has 3 N–H and O–H groups in total. The SMILES string of the molecule is CC1CC(c2nc3ncccc3[nH]2)NN1. The van der Waals surface area contributed by atoms with E-state index in [2.05, 4.69) is 32.7 Å². The van der Waals surface area contributed by atoms with Crippen molar-refractivity contribution in [2.24, 2.45) is 0 Å². The zero-order valence-corrected chi connectivity index (χ0v) is 8.49. The molecule has 1 aliphatic rings. The summed E-state index contributed by atoms with van der Waals surface area (Å²) in [6.45, 7) is 2.15. The highest BCUT2D eigenvalue weighted by Gasteiger charge is 2.24. The second kappa shape index (κ2) is 3.29. The average molecular weight is 203 g/mol. The van der Waals surface area contributed by atoms with Gasteiger partial charge in [-0.2, -0.15) is 0 Å².